The molecule has 2 atom stereocenters. The third-order valence-electron chi connectivity index (χ3n) is 4.42. The van der Waals surface area contributed by atoms with E-state index in [1.807, 2.05) is 35.4 Å². The van der Waals surface area contributed by atoms with Gasteiger partial charge in [0.1, 0.15) is 0 Å². The van der Waals surface area contributed by atoms with Crippen LogP contribution in [-0.4, -0.2) is 34.9 Å². The minimum absolute atomic E-state index is 0.107. The van der Waals surface area contributed by atoms with Crippen molar-refractivity contribution in [1.82, 2.24) is 9.88 Å². The van der Waals surface area contributed by atoms with Crippen molar-refractivity contribution in [1.29, 1.82) is 0 Å². The summed E-state index contributed by atoms with van der Waals surface area (Å²) in [5.41, 5.74) is 7.69. The number of piperidine rings is 1. The third-order valence-corrected chi connectivity index (χ3v) is 4.42. The van der Waals surface area contributed by atoms with Crippen molar-refractivity contribution in [2.45, 2.75) is 25.8 Å². The number of carbonyl (C=O) groups is 1. The maximum absolute atomic E-state index is 12.7. The van der Waals surface area contributed by atoms with Crippen molar-refractivity contribution in [3.8, 4) is 0 Å². The first kappa shape index (κ1) is 13.2. The van der Waals surface area contributed by atoms with Gasteiger partial charge in [0, 0.05) is 41.8 Å². The zero-order valence-corrected chi connectivity index (χ0v) is 11.8. The molecular weight excluding hydrogens is 250 g/mol. The fourth-order valence-electron chi connectivity index (χ4n) is 3.21. The van der Waals surface area contributed by atoms with E-state index >= 15 is 0 Å². The van der Waals surface area contributed by atoms with Crippen molar-refractivity contribution in [2.75, 3.05) is 13.1 Å². The Hall–Kier alpha value is -1.81. The number of likely N-dealkylation sites (tertiary alicyclic amines) is 1. The van der Waals surface area contributed by atoms with Crippen LogP contribution in [0.2, 0.25) is 0 Å². The van der Waals surface area contributed by atoms with E-state index in [1.54, 1.807) is 0 Å². The molecule has 3 rings (SSSR count). The van der Waals surface area contributed by atoms with E-state index in [-0.39, 0.29) is 11.9 Å². The lowest BCUT2D eigenvalue weighted by Gasteiger charge is -2.39. The number of nitrogens with two attached hydrogens (primary N) is 1. The Kier molecular flexibility index (Phi) is 3.49. The number of nitrogens with zero attached hydrogens (tertiary/aromatic N) is 1. The Labute approximate surface area is 118 Å². The normalized spacial score (nSPS) is 23.2. The van der Waals surface area contributed by atoms with E-state index in [4.69, 9.17) is 5.73 Å². The van der Waals surface area contributed by atoms with Gasteiger partial charge in [0.2, 0.25) is 0 Å². The summed E-state index contributed by atoms with van der Waals surface area (Å²) >= 11 is 0. The predicted octanol–water partition coefficient (Wildman–Crippen LogP) is 2.37. The first-order chi connectivity index (χ1) is 9.70. The molecule has 1 aromatic carbocycles. The minimum Gasteiger partial charge on any atom is -0.361 e. The first-order valence-corrected chi connectivity index (χ1v) is 7.29. The quantitative estimate of drug-likeness (QED) is 0.881. The highest BCUT2D eigenvalue weighted by atomic mass is 16.2. The van der Waals surface area contributed by atoms with Crippen molar-refractivity contribution in [2.24, 2.45) is 11.7 Å². The average Bonchev–Trinajstić information content (AvgIpc) is 2.93. The summed E-state index contributed by atoms with van der Waals surface area (Å²) in [7, 11) is 0. The van der Waals surface area contributed by atoms with E-state index in [1.165, 1.54) is 0 Å². The molecule has 4 nitrogen and oxygen atoms in total. The SMILES string of the molecule is CC1CCCN(C(=O)c2ccc3[nH]ccc3c2)C1CN. The number of benzene rings is 1. The molecule has 3 N–H and O–H groups in total. The number of carbonyl (C=O) groups excluding carboxylic acids is 1. The van der Waals surface area contributed by atoms with Gasteiger partial charge in [0.15, 0.2) is 0 Å². The van der Waals surface area contributed by atoms with Crippen LogP contribution in [0.4, 0.5) is 0 Å². The lowest BCUT2D eigenvalue weighted by molar-refractivity contribution is 0.0533. The van der Waals surface area contributed by atoms with Crippen molar-refractivity contribution in [3.63, 3.8) is 0 Å². The molecule has 1 amide bonds. The molecule has 1 aliphatic heterocycles. The third kappa shape index (κ3) is 2.20. The second kappa shape index (κ2) is 5.29. The van der Waals surface area contributed by atoms with E-state index < -0.39 is 0 Å². The van der Waals surface area contributed by atoms with Gasteiger partial charge in [0.25, 0.3) is 5.91 Å². The highest BCUT2D eigenvalue weighted by molar-refractivity contribution is 5.98. The number of hydrogen-bond acceptors (Lipinski definition) is 2. The Balaban J connectivity index is 1.90. The number of rotatable bonds is 2. The molecule has 1 aliphatic rings. The van der Waals surface area contributed by atoms with Crippen LogP contribution in [-0.2, 0) is 0 Å². The Bertz CT molecular complexity index is 619. The zero-order valence-electron chi connectivity index (χ0n) is 11.8. The molecule has 0 bridgehead atoms. The zero-order chi connectivity index (χ0) is 14.1. The molecule has 106 valence electrons. The molecule has 4 heteroatoms. The second-order valence-electron chi connectivity index (χ2n) is 5.70. The van der Waals surface area contributed by atoms with Gasteiger partial charge in [-0.2, -0.15) is 0 Å². The lowest BCUT2D eigenvalue weighted by Crippen LogP contribution is -2.51. The van der Waals surface area contributed by atoms with Gasteiger partial charge in [0.05, 0.1) is 0 Å². The van der Waals surface area contributed by atoms with Gasteiger partial charge in [-0.15, -0.1) is 0 Å². The minimum atomic E-state index is 0.107. The summed E-state index contributed by atoms with van der Waals surface area (Å²) in [6.45, 7) is 3.54. The molecule has 2 heterocycles. The van der Waals surface area contributed by atoms with Crippen molar-refractivity contribution in [3.05, 3.63) is 36.0 Å². The number of aromatic nitrogens is 1. The van der Waals surface area contributed by atoms with Gasteiger partial charge < -0.3 is 15.6 Å². The maximum atomic E-state index is 12.7. The standard InChI is InChI=1S/C16H21N3O/c1-11-3-2-8-19(15(11)10-17)16(20)13-4-5-14-12(9-13)6-7-18-14/h4-7,9,11,15,18H,2-3,8,10,17H2,1H3. The molecule has 2 aromatic rings. The summed E-state index contributed by atoms with van der Waals surface area (Å²) in [4.78, 5) is 17.8. The number of amides is 1. The Morgan fingerprint density at radius 1 is 1.45 bits per heavy atom. The summed E-state index contributed by atoms with van der Waals surface area (Å²) in [5, 5.41) is 1.07. The summed E-state index contributed by atoms with van der Waals surface area (Å²) in [5.74, 6) is 0.587. The summed E-state index contributed by atoms with van der Waals surface area (Å²) in [6.07, 6.45) is 4.11. The maximum Gasteiger partial charge on any atom is 0.254 e. The van der Waals surface area contributed by atoms with Crippen LogP contribution in [0.1, 0.15) is 30.1 Å². The molecule has 0 radical (unpaired) electrons. The average molecular weight is 271 g/mol. The fourth-order valence-corrected chi connectivity index (χ4v) is 3.21. The van der Waals surface area contributed by atoms with Gasteiger partial charge >= 0.3 is 0 Å². The van der Waals surface area contributed by atoms with Gasteiger partial charge in [-0.25, -0.2) is 0 Å². The van der Waals surface area contributed by atoms with Crippen LogP contribution in [0.3, 0.4) is 0 Å². The van der Waals surface area contributed by atoms with Crippen LogP contribution >= 0.6 is 0 Å². The fraction of sp³-hybridized carbons (Fsp3) is 0.438. The molecule has 1 fully saturated rings. The Morgan fingerprint density at radius 3 is 3.10 bits per heavy atom. The molecule has 2 unspecified atom stereocenters. The highest BCUT2D eigenvalue weighted by Gasteiger charge is 2.31. The molecular formula is C16H21N3O. The van der Waals surface area contributed by atoms with E-state index in [0.717, 1.165) is 35.9 Å². The van der Waals surface area contributed by atoms with Crippen LogP contribution < -0.4 is 5.73 Å². The lowest BCUT2D eigenvalue weighted by atomic mass is 9.90. The molecule has 0 spiro atoms. The summed E-state index contributed by atoms with van der Waals surface area (Å²) < 4.78 is 0. The smallest absolute Gasteiger partial charge is 0.254 e. The largest absolute Gasteiger partial charge is 0.361 e. The summed E-state index contributed by atoms with van der Waals surface area (Å²) in [6, 6.07) is 7.98. The number of aromatic amines is 1. The van der Waals surface area contributed by atoms with E-state index in [0.29, 0.717) is 12.5 Å². The predicted molar refractivity (Wildman–Crippen MR) is 80.6 cm³/mol. The topological polar surface area (TPSA) is 62.1 Å². The number of nitrogens with one attached hydrogen (secondary N) is 1. The van der Waals surface area contributed by atoms with E-state index in [2.05, 4.69) is 11.9 Å². The van der Waals surface area contributed by atoms with Gasteiger partial charge in [-0.3, -0.25) is 4.79 Å². The highest BCUT2D eigenvalue weighted by Crippen LogP contribution is 2.25. The molecule has 1 aromatic heterocycles. The van der Waals surface area contributed by atoms with Crippen LogP contribution in [0, 0.1) is 5.92 Å². The molecule has 0 saturated carbocycles. The molecule has 20 heavy (non-hydrogen) atoms. The molecule has 1 saturated heterocycles. The first-order valence-electron chi connectivity index (χ1n) is 7.29. The monoisotopic (exact) mass is 271 g/mol. The van der Waals surface area contributed by atoms with Crippen LogP contribution in [0.15, 0.2) is 30.5 Å². The number of fused-ring (bicyclic) bond motifs is 1. The van der Waals surface area contributed by atoms with Crippen LogP contribution in [0.25, 0.3) is 10.9 Å². The van der Waals surface area contributed by atoms with E-state index in [9.17, 15) is 4.79 Å². The second-order valence-corrected chi connectivity index (χ2v) is 5.70. The van der Waals surface area contributed by atoms with Crippen molar-refractivity contribution < 1.29 is 4.79 Å². The van der Waals surface area contributed by atoms with Crippen molar-refractivity contribution >= 4 is 16.8 Å². The van der Waals surface area contributed by atoms with Gasteiger partial charge in [-0.1, -0.05) is 6.92 Å². The van der Waals surface area contributed by atoms with Gasteiger partial charge in [-0.05, 0) is 43.0 Å². The number of hydrogen-bond donors (Lipinski definition) is 2. The Morgan fingerprint density at radius 2 is 2.30 bits per heavy atom. The number of H-pyrrole nitrogens is 1. The molecule has 0 aliphatic carbocycles. The van der Waals surface area contributed by atoms with Crippen LogP contribution in [0.5, 0.6) is 0 Å².